The average Bonchev–Trinajstić information content (AvgIpc) is 2.34. The van der Waals surface area contributed by atoms with Gasteiger partial charge in [0.25, 0.3) is 0 Å². The monoisotopic (exact) mass is 246 g/mol. The summed E-state index contributed by atoms with van der Waals surface area (Å²) in [4.78, 5) is 4.25. The van der Waals surface area contributed by atoms with Crippen molar-refractivity contribution in [3.05, 3.63) is 41.3 Å². The van der Waals surface area contributed by atoms with E-state index in [1.807, 2.05) is 6.92 Å². The number of hydrogen-bond acceptors (Lipinski definition) is 3. The quantitative estimate of drug-likeness (QED) is 0.885. The van der Waals surface area contributed by atoms with Crippen molar-refractivity contribution in [2.45, 2.75) is 13.8 Å². The molecule has 94 valence electrons. The van der Waals surface area contributed by atoms with Gasteiger partial charge in [-0.3, -0.25) is 4.98 Å². The zero-order valence-corrected chi connectivity index (χ0v) is 10.6. The molecular formula is C14H15FN2O. The molecule has 0 saturated heterocycles. The first-order valence-corrected chi connectivity index (χ1v) is 5.60. The molecule has 0 saturated carbocycles. The highest BCUT2D eigenvalue weighted by molar-refractivity contribution is 5.72. The van der Waals surface area contributed by atoms with Crippen LogP contribution in [0.25, 0.3) is 11.3 Å². The van der Waals surface area contributed by atoms with E-state index in [0.29, 0.717) is 22.7 Å². The van der Waals surface area contributed by atoms with Gasteiger partial charge in [-0.2, -0.15) is 0 Å². The maximum atomic E-state index is 13.9. The van der Waals surface area contributed by atoms with Crippen molar-refractivity contribution in [2.75, 3.05) is 12.8 Å². The normalized spacial score (nSPS) is 10.4. The van der Waals surface area contributed by atoms with E-state index in [9.17, 15) is 4.39 Å². The Hall–Kier alpha value is -2.10. The zero-order chi connectivity index (χ0) is 13.3. The first-order valence-electron chi connectivity index (χ1n) is 5.60. The maximum Gasteiger partial charge on any atom is 0.130 e. The van der Waals surface area contributed by atoms with E-state index in [1.54, 1.807) is 25.3 Å². The van der Waals surface area contributed by atoms with Crippen molar-refractivity contribution in [1.82, 2.24) is 4.98 Å². The lowest BCUT2D eigenvalue weighted by atomic mass is 9.98. The Kier molecular flexibility index (Phi) is 3.19. The van der Waals surface area contributed by atoms with Gasteiger partial charge >= 0.3 is 0 Å². The number of rotatable bonds is 2. The Bertz CT molecular complexity index is 597. The third-order valence-corrected chi connectivity index (χ3v) is 3.00. The molecule has 0 radical (unpaired) electrons. The third-order valence-electron chi connectivity index (χ3n) is 3.00. The molecule has 0 atom stereocenters. The van der Waals surface area contributed by atoms with Gasteiger partial charge in [-0.1, -0.05) is 0 Å². The fraction of sp³-hybridized carbons (Fsp3) is 0.214. The van der Waals surface area contributed by atoms with E-state index in [4.69, 9.17) is 10.5 Å². The SMILES string of the molecule is COc1cc(F)c(C)c(-c2cc(N)ccn2)c1C. The summed E-state index contributed by atoms with van der Waals surface area (Å²) < 4.78 is 19.0. The number of nitrogen functional groups attached to an aromatic ring is 1. The van der Waals surface area contributed by atoms with Crippen molar-refractivity contribution in [2.24, 2.45) is 0 Å². The topological polar surface area (TPSA) is 48.1 Å². The molecule has 0 fully saturated rings. The Morgan fingerprint density at radius 1 is 1.22 bits per heavy atom. The third kappa shape index (κ3) is 2.01. The molecule has 1 heterocycles. The van der Waals surface area contributed by atoms with Crippen LogP contribution < -0.4 is 10.5 Å². The van der Waals surface area contributed by atoms with Crippen molar-refractivity contribution >= 4 is 5.69 Å². The highest BCUT2D eigenvalue weighted by Gasteiger charge is 2.15. The molecule has 0 aliphatic rings. The molecule has 18 heavy (non-hydrogen) atoms. The van der Waals surface area contributed by atoms with Gasteiger partial charge in [0, 0.05) is 29.1 Å². The molecule has 4 heteroatoms. The average molecular weight is 246 g/mol. The summed E-state index contributed by atoms with van der Waals surface area (Å²) in [5, 5.41) is 0. The van der Waals surface area contributed by atoms with Crippen LogP contribution in [0.4, 0.5) is 10.1 Å². The number of benzene rings is 1. The fourth-order valence-corrected chi connectivity index (χ4v) is 2.04. The molecule has 2 aromatic rings. The van der Waals surface area contributed by atoms with Crippen LogP contribution in [0.1, 0.15) is 11.1 Å². The minimum atomic E-state index is -0.309. The first-order chi connectivity index (χ1) is 8.54. The molecule has 2 N–H and O–H groups in total. The van der Waals surface area contributed by atoms with Gasteiger partial charge in [-0.05, 0) is 31.5 Å². The van der Waals surface area contributed by atoms with Crippen LogP contribution in [-0.2, 0) is 0 Å². The van der Waals surface area contributed by atoms with Crippen LogP contribution >= 0.6 is 0 Å². The number of ether oxygens (including phenoxy) is 1. The van der Waals surface area contributed by atoms with Gasteiger partial charge in [0.05, 0.1) is 12.8 Å². The molecule has 2 rings (SSSR count). The van der Waals surface area contributed by atoms with Gasteiger partial charge in [-0.15, -0.1) is 0 Å². The predicted octanol–water partition coefficient (Wildman–Crippen LogP) is 3.10. The van der Waals surface area contributed by atoms with Crippen LogP contribution in [0, 0.1) is 19.7 Å². The number of pyridine rings is 1. The molecule has 1 aromatic heterocycles. The van der Waals surface area contributed by atoms with Crippen LogP contribution in [-0.4, -0.2) is 12.1 Å². The maximum absolute atomic E-state index is 13.9. The number of nitrogens with two attached hydrogens (primary N) is 1. The van der Waals surface area contributed by atoms with Crippen molar-refractivity contribution in [1.29, 1.82) is 0 Å². The number of methoxy groups -OCH3 is 1. The molecular weight excluding hydrogens is 231 g/mol. The van der Waals surface area contributed by atoms with Gasteiger partial charge < -0.3 is 10.5 Å². The van der Waals surface area contributed by atoms with Crippen LogP contribution in [0.2, 0.25) is 0 Å². The number of nitrogens with zero attached hydrogens (tertiary/aromatic N) is 1. The van der Waals surface area contributed by atoms with Crippen molar-refractivity contribution in [3.63, 3.8) is 0 Å². The molecule has 0 aliphatic heterocycles. The number of halogens is 1. The standard InChI is InChI=1S/C14H15FN2O/c1-8-11(15)7-13(18-3)9(2)14(8)12-6-10(16)4-5-17-12/h4-7H,1-3H3,(H2,16,17). The van der Waals surface area contributed by atoms with E-state index < -0.39 is 0 Å². The van der Waals surface area contributed by atoms with Gasteiger partial charge in [0.15, 0.2) is 0 Å². The van der Waals surface area contributed by atoms with Crippen molar-refractivity contribution < 1.29 is 9.13 Å². The predicted molar refractivity (Wildman–Crippen MR) is 70.1 cm³/mol. The van der Waals surface area contributed by atoms with Gasteiger partial charge in [-0.25, -0.2) is 4.39 Å². The molecule has 0 aliphatic carbocycles. The van der Waals surface area contributed by atoms with E-state index >= 15 is 0 Å². The number of hydrogen-bond donors (Lipinski definition) is 1. The van der Waals surface area contributed by atoms with Gasteiger partial charge in [0.1, 0.15) is 11.6 Å². The lowest BCUT2D eigenvalue weighted by Gasteiger charge is -2.14. The van der Waals surface area contributed by atoms with Crippen LogP contribution in [0.5, 0.6) is 5.75 Å². The second-order valence-electron chi connectivity index (χ2n) is 4.16. The van der Waals surface area contributed by atoms with E-state index in [0.717, 1.165) is 11.1 Å². The highest BCUT2D eigenvalue weighted by Crippen LogP contribution is 2.34. The molecule has 1 aromatic carbocycles. The number of aromatic nitrogens is 1. The summed E-state index contributed by atoms with van der Waals surface area (Å²) in [6.45, 7) is 3.60. The Morgan fingerprint density at radius 3 is 2.56 bits per heavy atom. The second kappa shape index (κ2) is 4.64. The second-order valence-corrected chi connectivity index (χ2v) is 4.16. The highest BCUT2D eigenvalue weighted by atomic mass is 19.1. The fourth-order valence-electron chi connectivity index (χ4n) is 2.04. The Balaban J connectivity index is 2.73. The largest absolute Gasteiger partial charge is 0.496 e. The lowest BCUT2D eigenvalue weighted by molar-refractivity contribution is 0.408. The lowest BCUT2D eigenvalue weighted by Crippen LogP contribution is -1.99. The molecule has 3 nitrogen and oxygen atoms in total. The molecule has 0 unspecified atom stereocenters. The van der Waals surface area contributed by atoms with E-state index in [-0.39, 0.29) is 5.82 Å². The van der Waals surface area contributed by atoms with Gasteiger partial charge in [0.2, 0.25) is 0 Å². The Labute approximate surface area is 105 Å². The summed E-state index contributed by atoms with van der Waals surface area (Å²) in [5.74, 6) is 0.203. The molecule has 0 amide bonds. The minimum Gasteiger partial charge on any atom is -0.496 e. The Morgan fingerprint density at radius 2 is 1.94 bits per heavy atom. The van der Waals surface area contributed by atoms with E-state index in [2.05, 4.69) is 4.98 Å². The zero-order valence-electron chi connectivity index (χ0n) is 10.6. The van der Waals surface area contributed by atoms with E-state index in [1.165, 1.54) is 13.2 Å². The molecule has 0 bridgehead atoms. The minimum absolute atomic E-state index is 0.309. The summed E-state index contributed by atoms with van der Waals surface area (Å²) in [6, 6.07) is 4.82. The smallest absolute Gasteiger partial charge is 0.130 e. The summed E-state index contributed by atoms with van der Waals surface area (Å²) in [7, 11) is 1.52. The first kappa shape index (κ1) is 12.4. The summed E-state index contributed by atoms with van der Waals surface area (Å²) in [6.07, 6.45) is 1.61. The van der Waals surface area contributed by atoms with Crippen LogP contribution in [0.15, 0.2) is 24.4 Å². The number of anilines is 1. The van der Waals surface area contributed by atoms with Crippen molar-refractivity contribution in [3.8, 4) is 17.0 Å². The summed E-state index contributed by atoms with van der Waals surface area (Å²) >= 11 is 0. The molecule has 0 spiro atoms. The van der Waals surface area contributed by atoms with Crippen LogP contribution in [0.3, 0.4) is 0 Å². The summed E-state index contributed by atoms with van der Waals surface area (Å²) in [5.41, 5.74) is 9.13.